The van der Waals surface area contributed by atoms with E-state index in [0.717, 1.165) is 17.9 Å². The molecule has 1 unspecified atom stereocenters. The van der Waals surface area contributed by atoms with Crippen LogP contribution in [0.1, 0.15) is 24.4 Å². The highest BCUT2D eigenvalue weighted by Gasteiger charge is 2.18. The molecular formula is C14H17ClFN3. The quantitative estimate of drug-likeness (QED) is 0.913. The van der Waals surface area contributed by atoms with Gasteiger partial charge in [-0.25, -0.2) is 9.37 Å². The molecule has 0 saturated carbocycles. The largest absolute Gasteiger partial charge is 0.338 e. The van der Waals surface area contributed by atoms with Gasteiger partial charge in [0.1, 0.15) is 11.6 Å². The van der Waals surface area contributed by atoms with Crippen LogP contribution < -0.4 is 5.32 Å². The number of hydrogen-bond acceptors (Lipinski definition) is 2. The van der Waals surface area contributed by atoms with Gasteiger partial charge in [0.2, 0.25) is 0 Å². The van der Waals surface area contributed by atoms with Gasteiger partial charge in [-0.2, -0.15) is 0 Å². The Bertz CT molecular complexity index is 553. The van der Waals surface area contributed by atoms with E-state index in [4.69, 9.17) is 11.6 Å². The fraction of sp³-hybridized carbons (Fsp3) is 0.357. The van der Waals surface area contributed by atoms with Gasteiger partial charge in [-0.1, -0.05) is 30.7 Å². The van der Waals surface area contributed by atoms with Crippen molar-refractivity contribution < 1.29 is 4.39 Å². The van der Waals surface area contributed by atoms with Crippen LogP contribution in [0.3, 0.4) is 0 Å². The minimum atomic E-state index is -0.387. The first-order chi connectivity index (χ1) is 9.13. The lowest BCUT2D eigenvalue weighted by atomic mass is 10.0. The summed E-state index contributed by atoms with van der Waals surface area (Å²) in [5, 5.41) is 3.51. The van der Waals surface area contributed by atoms with Crippen molar-refractivity contribution in [2.75, 3.05) is 6.54 Å². The number of nitrogens with zero attached hydrogens (tertiary/aromatic N) is 2. The van der Waals surface area contributed by atoms with Gasteiger partial charge in [0.25, 0.3) is 0 Å². The minimum absolute atomic E-state index is 0.0469. The molecule has 0 aliphatic carbocycles. The molecule has 1 atom stereocenters. The third-order valence-corrected chi connectivity index (χ3v) is 3.51. The van der Waals surface area contributed by atoms with E-state index in [0.29, 0.717) is 6.42 Å². The molecule has 1 heterocycles. The number of halogens is 2. The van der Waals surface area contributed by atoms with Crippen LogP contribution in [0.5, 0.6) is 0 Å². The Kier molecular flexibility index (Phi) is 4.56. The molecule has 5 heteroatoms. The molecule has 2 rings (SSSR count). The number of benzene rings is 1. The van der Waals surface area contributed by atoms with Gasteiger partial charge in [0.15, 0.2) is 0 Å². The lowest BCUT2D eigenvalue weighted by Gasteiger charge is -2.19. The molecule has 0 aliphatic heterocycles. The Morgan fingerprint density at radius 1 is 1.47 bits per heavy atom. The van der Waals surface area contributed by atoms with E-state index in [1.165, 1.54) is 6.07 Å². The molecule has 19 heavy (non-hydrogen) atoms. The summed E-state index contributed by atoms with van der Waals surface area (Å²) in [4.78, 5) is 4.30. The van der Waals surface area contributed by atoms with Crippen LogP contribution >= 0.6 is 11.6 Å². The highest BCUT2D eigenvalue weighted by molar-refractivity contribution is 6.31. The van der Waals surface area contributed by atoms with Crippen LogP contribution in [0.25, 0.3) is 0 Å². The zero-order valence-electron chi connectivity index (χ0n) is 11.0. The van der Waals surface area contributed by atoms with Crippen LogP contribution in [0, 0.1) is 5.82 Å². The topological polar surface area (TPSA) is 29.9 Å². The van der Waals surface area contributed by atoms with E-state index in [2.05, 4.69) is 10.3 Å². The van der Waals surface area contributed by atoms with E-state index in [1.807, 2.05) is 30.8 Å². The second kappa shape index (κ2) is 6.17. The molecule has 1 N–H and O–H groups in total. The van der Waals surface area contributed by atoms with Crippen molar-refractivity contribution >= 4 is 11.6 Å². The van der Waals surface area contributed by atoms with Gasteiger partial charge in [-0.15, -0.1) is 0 Å². The molecule has 1 aromatic carbocycles. The summed E-state index contributed by atoms with van der Waals surface area (Å²) >= 11 is 6.06. The number of aryl methyl sites for hydroxylation is 1. The number of nitrogens with one attached hydrogen (secondary N) is 1. The molecule has 0 spiro atoms. The predicted octanol–water partition coefficient (Wildman–Crippen LogP) is 3.11. The first kappa shape index (κ1) is 14.0. The SMILES string of the molecule is CCNC(Cc1nccn1C)c1cccc(F)c1Cl. The lowest BCUT2D eigenvalue weighted by Crippen LogP contribution is -2.24. The number of hydrogen-bond donors (Lipinski definition) is 1. The van der Waals surface area contributed by atoms with E-state index in [1.54, 1.807) is 12.3 Å². The normalized spacial score (nSPS) is 12.6. The molecule has 0 fully saturated rings. The third kappa shape index (κ3) is 3.14. The summed E-state index contributed by atoms with van der Waals surface area (Å²) in [6, 6.07) is 4.85. The summed E-state index contributed by atoms with van der Waals surface area (Å²) < 4.78 is 15.5. The molecule has 0 amide bonds. The number of rotatable bonds is 5. The fourth-order valence-electron chi connectivity index (χ4n) is 2.10. The number of aromatic nitrogens is 2. The molecule has 0 aliphatic rings. The van der Waals surface area contributed by atoms with E-state index >= 15 is 0 Å². The summed E-state index contributed by atoms with van der Waals surface area (Å²) in [5.41, 5.74) is 0.770. The maximum atomic E-state index is 13.6. The molecule has 2 aromatic rings. The smallest absolute Gasteiger partial charge is 0.142 e. The standard InChI is InChI=1S/C14H17ClFN3/c1-3-17-12(9-13-18-7-8-19(13)2)10-5-4-6-11(16)14(10)15/h4-8,12,17H,3,9H2,1-2H3. The third-order valence-electron chi connectivity index (χ3n) is 3.12. The fourth-order valence-corrected chi connectivity index (χ4v) is 2.36. The van der Waals surface area contributed by atoms with Crippen molar-refractivity contribution in [3.8, 4) is 0 Å². The maximum Gasteiger partial charge on any atom is 0.142 e. The van der Waals surface area contributed by atoms with Gasteiger partial charge in [0.05, 0.1) is 5.02 Å². The summed E-state index contributed by atoms with van der Waals surface area (Å²) in [6.45, 7) is 2.79. The average molecular weight is 282 g/mol. The Morgan fingerprint density at radius 2 is 2.26 bits per heavy atom. The Balaban J connectivity index is 2.29. The van der Waals surface area contributed by atoms with Crippen LogP contribution in [0.15, 0.2) is 30.6 Å². The molecule has 102 valence electrons. The molecule has 3 nitrogen and oxygen atoms in total. The summed E-state index contributed by atoms with van der Waals surface area (Å²) in [5.74, 6) is 0.549. The van der Waals surface area contributed by atoms with Crippen LogP contribution in [0.2, 0.25) is 5.02 Å². The molecule has 0 bridgehead atoms. The van der Waals surface area contributed by atoms with Crippen molar-refractivity contribution in [3.05, 3.63) is 52.8 Å². The Hall–Kier alpha value is -1.39. The van der Waals surface area contributed by atoms with Crippen molar-refractivity contribution in [2.45, 2.75) is 19.4 Å². The molecule has 0 saturated heterocycles. The molecular weight excluding hydrogens is 265 g/mol. The van der Waals surface area contributed by atoms with Crippen molar-refractivity contribution in [2.24, 2.45) is 7.05 Å². The number of likely N-dealkylation sites (N-methyl/N-ethyl adjacent to an activating group) is 1. The zero-order valence-corrected chi connectivity index (χ0v) is 11.8. The second-order valence-corrected chi connectivity index (χ2v) is 4.79. The van der Waals surface area contributed by atoms with Gasteiger partial charge >= 0.3 is 0 Å². The van der Waals surface area contributed by atoms with Gasteiger partial charge in [-0.05, 0) is 18.2 Å². The minimum Gasteiger partial charge on any atom is -0.338 e. The predicted molar refractivity (Wildman–Crippen MR) is 74.7 cm³/mol. The van der Waals surface area contributed by atoms with Crippen molar-refractivity contribution in [1.29, 1.82) is 0 Å². The highest BCUT2D eigenvalue weighted by Crippen LogP contribution is 2.27. The Labute approximate surface area is 117 Å². The van der Waals surface area contributed by atoms with Gasteiger partial charge < -0.3 is 9.88 Å². The van der Waals surface area contributed by atoms with E-state index in [9.17, 15) is 4.39 Å². The lowest BCUT2D eigenvalue weighted by molar-refractivity contribution is 0.524. The Morgan fingerprint density at radius 3 is 2.89 bits per heavy atom. The maximum absolute atomic E-state index is 13.6. The summed E-state index contributed by atoms with van der Waals surface area (Å²) in [6.07, 6.45) is 4.32. The van der Waals surface area contributed by atoms with Crippen molar-refractivity contribution in [1.82, 2.24) is 14.9 Å². The molecule has 1 aromatic heterocycles. The van der Waals surface area contributed by atoms with Crippen LogP contribution in [0.4, 0.5) is 4.39 Å². The molecule has 0 radical (unpaired) electrons. The second-order valence-electron chi connectivity index (χ2n) is 4.41. The first-order valence-electron chi connectivity index (χ1n) is 6.27. The van der Waals surface area contributed by atoms with Crippen molar-refractivity contribution in [3.63, 3.8) is 0 Å². The first-order valence-corrected chi connectivity index (χ1v) is 6.64. The number of imidazole rings is 1. The zero-order chi connectivity index (χ0) is 13.8. The van der Waals surface area contributed by atoms with E-state index in [-0.39, 0.29) is 16.9 Å². The summed E-state index contributed by atoms with van der Waals surface area (Å²) in [7, 11) is 1.94. The van der Waals surface area contributed by atoms with Crippen LogP contribution in [-0.2, 0) is 13.5 Å². The van der Waals surface area contributed by atoms with Gasteiger partial charge in [0, 0.05) is 31.9 Å². The highest BCUT2D eigenvalue weighted by atomic mass is 35.5. The average Bonchev–Trinajstić information content (AvgIpc) is 2.78. The van der Waals surface area contributed by atoms with E-state index < -0.39 is 0 Å². The van der Waals surface area contributed by atoms with Gasteiger partial charge in [-0.3, -0.25) is 0 Å². The van der Waals surface area contributed by atoms with Crippen LogP contribution in [-0.4, -0.2) is 16.1 Å². The monoisotopic (exact) mass is 281 g/mol.